The van der Waals surface area contributed by atoms with Crippen LogP contribution < -0.4 is 10.6 Å². The molecule has 0 radical (unpaired) electrons. The molecular weight excluding hydrogens is 414 g/mol. The summed E-state index contributed by atoms with van der Waals surface area (Å²) in [5.41, 5.74) is 2.16. The summed E-state index contributed by atoms with van der Waals surface area (Å²) in [4.78, 5) is 35.2. The maximum absolute atomic E-state index is 13.0. The topological polar surface area (TPSA) is 96.5 Å². The fourth-order valence-corrected chi connectivity index (χ4v) is 3.49. The lowest BCUT2D eigenvalue weighted by molar-refractivity contribution is -0.121. The zero-order valence-corrected chi connectivity index (χ0v) is 18.1. The summed E-state index contributed by atoms with van der Waals surface area (Å²) in [5, 5.41) is 8.39. The predicted molar refractivity (Wildman–Crippen MR) is 120 cm³/mol. The number of benzene rings is 1. The van der Waals surface area contributed by atoms with Crippen LogP contribution >= 0.6 is 11.3 Å². The number of rotatable bonds is 11. The Labute approximate surface area is 185 Å². The molecule has 9 heteroatoms. The first-order chi connectivity index (χ1) is 15.2. The highest BCUT2D eigenvalue weighted by Crippen LogP contribution is 2.21. The van der Waals surface area contributed by atoms with E-state index in [-0.39, 0.29) is 24.8 Å². The Morgan fingerprint density at radius 2 is 1.97 bits per heavy atom. The van der Waals surface area contributed by atoms with Crippen molar-refractivity contribution < 1.29 is 14.3 Å². The van der Waals surface area contributed by atoms with Crippen LogP contribution in [-0.2, 0) is 16.1 Å². The van der Waals surface area contributed by atoms with Crippen molar-refractivity contribution >= 4 is 34.0 Å². The lowest BCUT2D eigenvalue weighted by Gasteiger charge is -2.21. The number of carbonyl (C=O) groups excluding carboxylic acids is 2. The van der Waals surface area contributed by atoms with Gasteiger partial charge in [0, 0.05) is 56.6 Å². The Balaban J connectivity index is 1.55. The zero-order chi connectivity index (χ0) is 21.9. The van der Waals surface area contributed by atoms with Gasteiger partial charge in [-0.3, -0.25) is 14.6 Å². The van der Waals surface area contributed by atoms with E-state index in [0.29, 0.717) is 30.5 Å². The van der Waals surface area contributed by atoms with Crippen molar-refractivity contribution in [1.29, 1.82) is 0 Å². The summed E-state index contributed by atoms with van der Waals surface area (Å²) in [7, 11) is 1.58. The Hall–Kier alpha value is -3.30. The van der Waals surface area contributed by atoms with Crippen molar-refractivity contribution in [3.8, 4) is 0 Å². The van der Waals surface area contributed by atoms with E-state index in [2.05, 4.69) is 20.6 Å². The van der Waals surface area contributed by atoms with Gasteiger partial charge >= 0.3 is 0 Å². The molecule has 3 rings (SSSR count). The summed E-state index contributed by atoms with van der Waals surface area (Å²) in [6, 6.07) is 13.4. The second-order valence-electron chi connectivity index (χ2n) is 6.70. The zero-order valence-electron chi connectivity index (χ0n) is 17.3. The molecule has 2 heterocycles. The molecule has 2 N–H and O–H groups in total. The van der Waals surface area contributed by atoms with E-state index in [9.17, 15) is 9.59 Å². The second-order valence-corrected chi connectivity index (χ2v) is 7.56. The Kier molecular flexibility index (Phi) is 8.50. The van der Waals surface area contributed by atoms with E-state index >= 15 is 0 Å². The molecule has 0 unspecified atom stereocenters. The number of hydrogen-bond acceptors (Lipinski definition) is 7. The monoisotopic (exact) mass is 439 g/mol. The summed E-state index contributed by atoms with van der Waals surface area (Å²) >= 11 is 1.36. The number of para-hydroxylation sites is 1. The first-order valence-corrected chi connectivity index (χ1v) is 10.7. The third-order valence-corrected chi connectivity index (χ3v) is 5.18. The molecule has 0 saturated carbocycles. The van der Waals surface area contributed by atoms with Crippen LogP contribution in [0.15, 0.2) is 60.2 Å². The highest BCUT2D eigenvalue weighted by atomic mass is 32.1. The average Bonchev–Trinajstić information content (AvgIpc) is 3.27. The predicted octanol–water partition coefficient (Wildman–Crippen LogP) is 3.08. The summed E-state index contributed by atoms with van der Waals surface area (Å²) in [5.74, 6) is -0.363. The maximum Gasteiger partial charge on any atom is 0.273 e. The average molecular weight is 440 g/mol. The molecule has 0 aliphatic rings. The van der Waals surface area contributed by atoms with E-state index in [4.69, 9.17) is 4.74 Å². The number of nitrogens with one attached hydrogen (secondary N) is 2. The summed E-state index contributed by atoms with van der Waals surface area (Å²) < 4.78 is 5.12. The van der Waals surface area contributed by atoms with Crippen molar-refractivity contribution in [2.24, 2.45) is 0 Å². The van der Waals surface area contributed by atoms with Crippen LogP contribution in [0.25, 0.3) is 0 Å². The molecule has 3 aromatic rings. The lowest BCUT2D eigenvalue weighted by atomic mass is 10.2. The Bertz CT molecular complexity index is 966. The second kappa shape index (κ2) is 11.8. The molecule has 8 nitrogen and oxygen atoms in total. The van der Waals surface area contributed by atoms with E-state index in [1.54, 1.807) is 29.8 Å². The molecule has 0 fully saturated rings. The van der Waals surface area contributed by atoms with Gasteiger partial charge in [-0.15, -0.1) is 11.3 Å². The first-order valence-electron chi connectivity index (χ1n) is 9.87. The van der Waals surface area contributed by atoms with Gasteiger partial charge in [-0.05, 0) is 23.8 Å². The minimum Gasteiger partial charge on any atom is -0.383 e. The third kappa shape index (κ3) is 7.16. The standard InChI is InChI=1S/C22H25N5O3S/c1-30-13-12-27(11-9-20(28)24-15-17-6-5-10-23-14-17)21(29)19-16-31-22(26-19)25-18-7-3-2-4-8-18/h2-8,10,14,16H,9,11-13,15H2,1H3,(H,24,28)(H,25,26). The van der Waals surface area contributed by atoms with Crippen LogP contribution in [-0.4, -0.2) is 53.5 Å². The van der Waals surface area contributed by atoms with Crippen LogP contribution in [0.2, 0.25) is 0 Å². The lowest BCUT2D eigenvalue weighted by Crippen LogP contribution is -2.37. The van der Waals surface area contributed by atoms with Crippen molar-refractivity contribution in [1.82, 2.24) is 20.2 Å². The fraction of sp³-hybridized carbons (Fsp3) is 0.273. The molecule has 2 aromatic heterocycles. The fourth-order valence-electron chi connectivity index (χ4n) is 2.78. The molecule has 0 aliphatic heterocycles. The molecule has 1 aromatic carbocycles. The van der Waals surface area contributed by atoms with Crippen molar-refractivity contribution in [3.05, 3.63) is 71.5 Å². The van der Waals surface area contributed by atoms with Gasteiger partial charge in [-0.1, -0.05) is 24.3 Å². The molecular formula is C22H25N5O3S. The minimum absolute atomic E-state index is 0.135. The summed E-state index contributed by atoms with van der Waals surface area (Å²) in [6.07, 6.45) is 3.58. The number of methoxy groups -OCH3 is 1. The number of pyridine rings is 1. The van der Waals surface area contributed by atoms with E-state index < -0.39 is 0 Å². The number of carbonyl (C=O) groups is 2. The van der Waals surface area contributed by atoms with Gasteiger partial charge in [0.1, 0.15) is 5.69 Å². The number of thiazole rings is 1. The van der Waals surface area contributed by atoms with Gasteiger partial charge in [-0.2, -0.15) is 0 Å². The van der Waals surface area contributed by atoms with Gasteiger partial charge < -0.3 is 20.3 Å². The molecule has 0 atom stereocenters. The SMILES string of the molecule is COCCN(CCC(=O)NCc1cccnc1)C(=O)c1csc(Nc2ccccc2)n1. The molecule has 0 aliphatic carbocycles. The number of aromatic nitrogens is 2. The van der Waals surface area contributed by atoms with Gasteiger partial charge in [0.05, 0.1) is 6.61 Å². The quantitative estimate of drug-likeness (QED) is 0.477. The molecule has 0 saturated heterocycles. The van der Waals surface area contributed by atoms with Crippen LogP contribution in [0.5, 0.6) is 0 Å². The molecule has 162 valence electrons. The summed E-state index contributed by atoms with van der Waals surface area (Å²) in [6.45, 7) is 1.44. The highest BCUT2D eigenvalue weighted by molar-refractivity contribution is 7.14. The first kappa shape index (κ1) is 22.4. The normalized spacial score (nSPS) is 10.5. The van der Waals surface area contributed by atoms with E-state index in [0.717, 1.165) is 11.3 Å². The number of anilines is 2. The van der Waals surface area contributed by atoms with Crippen LogP contribution in [0.4, 0.5) is 10.8 Å². The Morgan fingerprint density at radius 3 is 2.71 bits per heavy atom. The van der Waals surface area contributed by atoms with Crippen molar-refractivity contribution in [3.63, 3.8) is 0 Å². The minimum atomic E-state index is -0.227. The van der Waals surface area contributed by atoms with E-state index in [1.165, 1.54) is 11.3 Å². The van der Waals surface area contributed by atoms with Crippen LogP contribution in [0.3, 0.4) is 0 Å². The van der Waals surface area contributed by atoms with Gasteiger partial charge in [0.2, 0.25) is 5.91 Å². The highest BCUT2D eigenvalue weighted by Gasteiger charge is 2.20. The van der Waals surface area contributed by atoms with Crippen LogP contribution in [0, 0.1) is 0 Å². The van der Waals surface area contributed by atoms with Gasteiger partial charge in [0.25, 0.3) is 5.91 Å². The Morgan fingerprint density at radius 1 is 1.13 bits per heavy atom. The molecule has 0 bridgehead atoms. The van der Waals surface area contributed by atoms with E-state index in [1.807, 2.05) is 42.5 Å². The van der Waals surface area contributed by atoms with Crippen molar-refractivity contribution in [2.45, 2.75) is 13.0 Å². The maximum atomic E-state index is 13.0. The number of hydrogen-bond donors (Lipinski definition) is 2. The number of nitrogens with zero attached hydrogens (tertiary/aromatic N) is 3. The van der Waals surface area contributed by atoms with Crippen LogP contribution in [0.1, 0.15) is 22.5 Å². The van der Waals surface area contributed by atoms with Gasteiger partial charge in [0.15, 0.2) is 5.13 Å². The largest absolute Gasteiger partial charge is 0.383 e. The number of amides is 2. The third-order valence-electron chi connectivity index (χ3n) is 4.42. The molecule has 0 spiro atoms. The molecule has 31 heavy (non-hydrogen) atoms. The smallest absolute Gasteiger partial charge is 0.273 e. The number of ether oxygens (including phenoxy) is 1. The van der Waals surface area contributed by atoms with Gasteiger partial charge in [-0.25, -0.2) is 4.98 Å². The van der Waals surface area contributed by atoms with Crippen molar-refractivity contribution in [2.75, 3.05) is 32.1 Å². The molecule has 2 amide bonds.